The SMILES string of the molecule is Cc1cc(C2CCCN2C(=O)c2sc(COc3ccc(F)cc3)nc2C)on1. The topological polar surface area (TPSA) is 68.5 Å². The van der Waals surface area contributed by atoms with E-state index in [1.165, 1.54) is 23.5 Å². The third-order valence-electron chi connectivity index (χ3n) is 4.70. The molecule has 146 valence electrons. The van der Waals surface area contributed by atoms with E-state index in [9.17, 15) is 9.18 Å². The fraction of sp³-hybridized carbons (Fsp3) is 0.350. The lowest BCUT2D eigenvalue weighted by Gasteiger charge is -2.22. The summed E-state index contributed by atoms with van der Waals surface area (Å²) in [4.78, 5) is 20.1. The number of halogens is 1. The highest BCUT2D eigenvalue weighted by atomic mass is 32.1. The van der Waals surface area contributed by atoms with Gasteiger partial charge in [-0.3, -0.25) is 4.79 Å². The molecule has 4 rings (SSSR count). The van der Waals surface area contributed by atoms with E-state index in [4.69, 9.17) is 9.26 Å². The highest BCUT2D eigenvalue weighted by Gasteiger charge is 2.34. The fourth-order valence-electron chi connectivity index (χ4n) is 3.36. The summed E-state index contributed by atoms with van der Waals surface area (Å²) >= 11 is 1.33. The molecular weight excluding hydrogens is 381 g/mol. The Hall–Kier alpha value is -2.74. The van der Waals surface area contributed by atoms with E-state index < -0.39 is 0 Å². The van der Waals surface area contributed by atoms with E-state index in [1.54, 1.807) is 12.1 Å². The number of carbonyl (C=O) groups excluding carboxylic acids is 1. The lowest BCUT2D eigenvalue weighted by Crippen LogP contribution is -2.30. The molecule has 3 heterocycles. The van der Waals surface area contributed by atoms with Gasteiger partial charge in [0.05, 0.1) is 17.4 Å². The van der Waals surface area contributed by atoms with Crippen LogP contribution in [0.5, 0.6) is 5.75 Å². The van der Waals surface area contributed by atoms with Crippen LogP contribution in [0.4, 0.5) is 4.39 Å². The van der Waals surface area contributed by atoms with E-state index in [0.717, 1.165) is 24.3 Å². The van der Waals surface area contributed by atoms with Gasteiger partial charge in [0.2, 0.25) is 0 Å². The Labute approximate surface area is 165 Å². The molecule has 0 radical (unpaired) electrons. The smallest absolute Gasteiger partial charge is 0.266 e. The Bertz CT molecular complexity index is 983. The second kappa shape index (κ2) is 7.71. The third kappa shape index (κ3) is 3.77. The average Bonchev–Trinajstić information content (AvgIpc) is 3.40. The predicted molar refractivity (Wildman–Crippen MR) is 102 cm³/mol. The molecule has 1 unspecified atom stereocenters. The molecule has 0 aliphatic carbocycles. The van der Waals surface area contributed by atoms with Crippen molar-refractivity contribution in [1.29, 1.82) is 0 Å². The summed E-state index contributed by atoms with van der Waals surface area (Å²) in [7, 11) is 0. The number of amides is 1. The van der Waals surface area contributed by atoms with Crippen molar-refractivity contribution in [3.05, 3.63) is 63.2 Å². The van der Waals surface area contributed by atoms with Gasteiger partial charge in [0.25, 0.3) is 5.91 Å². The summed E-state index contributed by atoms with van der Waals surface area (Å²) in [6, 6.07) is 7.62. The number of nitrogens with zero attached hydrogens (tertiary/aromatic N) is 3. The van der Waals surface area contributed by atoms with E-state index in [-0.39, 0.29) is 24.4 Å². The first kappa shape index (κ1) is 18.6. The molecule has 0 N–H and O–H groups in total. The maximum atomic E-state index is 13.1. The molecule has 2 aromatic heterocycles. The lowest BCUT2D eigenvalue weighted by atomic mass is 10.1. The molecule has 0 bridgehead atoms. The normalized spacial score (nSPS) is 16.5. The van der Waals surface area contributed by atoms with Crippen LogP contribution in [0.3, 0.4) is 0 Å². The van der Waals surface area contributed by atoms with Crippen LogP contribution in [-0.2, 0) is 6.61 Å². The van der Waals surface area contributed by atoms with Gasteiger partial charge in [0.1, 0.15) is 28.1 Å². The number of aryl methyl sites for hydroxylation is 2. The first-order valence-corrected chi connectivity index (χ1v) is 9.92. The highest BCUT2D eigenvalue weighted by Crippen LogP contribution is 2.35. The summed E-state index contributed by atoms with van der Waals surface area (Å²) in [6.45, 7) is 4.61. The molecule has 1 fully saturated rings. The van der Waals surface area contributed by atoms with E-state index in [2.05, 4.69) is 10.1 Å². The third-order valence-corrected chi connectivity index (χ3v) is 5.82. The standard InChI is InChI=1S/C20H20FN3O3S/c1-12-10-17(27-23-12)16-4-3-9-24(16)20(25)19-13(2)22-18(28-19)11-26-15-7-5-14(21)6-8-15/h5-8,10,16H,3-4,9,11H2,1-2H3. The monoisotopic (exact) mass is 401 g/mol. The number of carbonyl (C=O) groups is 1. The molecule has 3 aromatic rings. The maximum absolute atomic E-state index is 13.1. The van der Waals surface area contributed by atoms with Crippen LogP contribution < -0.4 is 4.74 Å². The Kier molecular flexibility index (Phi) is 5.13. The highest BCUT2D eigenvalue weighted by molar-refractivity contribution is 7.13. The van der Waals surface area contributed by atoms with Crippen molar-refractivity contribution in [2.75, 3.05) is 6.54 Å². The molecule has 0 spiro atoms. The minimum Gasteiger partial charge on any atom is -0.486 e. The number of benzene rings is 1. The van der Waals surface area contributed by atoms with Crippen LogP contribution in [0.1, 0.15) is 50.7 Å². The van der Waals surface area contributed by atoms with Gasteiger partial charge in [-0.25, -0.2) is 9.37 Å². The van der Waals surface area contributed by atoms with Crippen molar-refractivity contribution in [3.8, 4) is 5.75 Å². The van der Waals surface area contributed by atoms with Crippen LogP contribution in [0, 0.1) is 19.7 Å². The first-order chi connectivity index (χ1) is 13.5. The summed E-state index contributed by atoms with van der Waals surface area (Å²) in [5.41, 5.74) is 1.50. The predicted octanol–water partition coefficient (Wildman–Crippen LogP) is 4.44. The van der Waals surface area contributed by atoms with Crippen molar-refractivity contribution in [2.45, 2.75) is 39.3 Å². The van der Waals surface area contributed by atoms with Crippen molar-refractivity contribution >= 4 is 17.2 Å². The van der Waals surface area contributed by atoms with Gasteiger partial charge in [-0.2, -0.15) is 0 Å². The summed E-state index contributed by atoms with van der Waals surface area (Å²) < 4.78 is 24.0. The molecule has 28 heavy (non-hydrogen) atoms. The molecule has 1 aromatic carbocycles. The molecule has 1 amide bonds. The second-order valence-corrected chi connectivity index (χ2v) is 7.88. The van der Waals surface area contributed by atoms with Crippen LogP contribution in [-0.4, -0.2) is 27.5 Å². The quantitative estimate of drug-likeness (QED) is 0.632. The zero-order valence-corrected chi connectivity index (χ0v) is 16.5. The number of likely N-dealkylation sites (tertiary alicyclic amines) is 1. The molecule has 1 aliphatic rings. The fourth-order valence-corrected chi connectivity index (χ4v) is 4.30. The summed E-state index contributed by atoms with van der Waals surface area (Å²) in [5.74, 6) is 0.930. The van der Waals surface area contributed by atoms with Gasteiger partial charge in [-0.05, 0) is 51.0 Å². The average molecular weight is 401 g/mol. The zero-order valence-electron chi connectivity index (χ0n) is 15.6. The Morgan fingerprint density at radius 2 is 2.14 bits per heavy atom. The van der Waals surface area contributed by atoms with Gasteiger partial charge >= 0.3 is 0 Å². The van der Waals surface area contributed by atoms with Crippen LogP contribution in [0.25, 0.3) is 0 Å². The van der Waals surface area contributed by atoms with Crippen LogP contribution >= 0.6 is 11.3 Å². The molecule has 1 atom stereocenters. The number of hydrogen-bond acceptors (Lipinski definition) is 6. The first-order valence-electron chi connectivity index (χ1n) is 9.10. The molecule has 0 saturated carbocycles. The Morgan fingerprint density at radius 3 is 2.86 bits per heavy atom. The van der Waals surface area contributed by atoms with E-state index >= 15 is 0 Å². The molecule has 6 nitrogen and oxygen atoms in total. The van der Waals surface area contributed by atoms with Crippen molar-refractivity contribution in [2.24, 2.45) is 0 Å². The number of ether oxygens (including phenoxy) is 1. The minimum absolute atomic E-state index is 0.0421. The lowest BCUT2D eigenvalue weighted by molar-refractivity contribution is 0.0718. The number of rotatable bonds is 5. The Balaban J connectivity index is 1.47. The number of aromatic nitrogens is 2. The van der Waals surface area contributed by atoms with Crippen molar-refractivity contribution < 1.29 is 18.4 Å². The Morgan fingerprint density at radius 1 is 1.36 bits per heavy atom. The van der Waals surface area contributed by atoms with E-state index in [1.807, 2.05) is 24.8 Å². The van der Waals surface area contributed by atoms with Crippen molar-refractivity contribution in [3.63, 3.8) is 0 Å². The van der Waals surface area contributed by atoms with Crippen molar-refractivity contribution in [1.82, 2.24) is 15.0 Å². The maximum Gasteiger partial charge on any atom is 0.266 e. The number of thiazole rings is 1. The van der Waals surface area contributed by atoms with Gasteiger partial charge < -0.3 is 14.2 Å². The largest absolute Gasteiger partial charge is 0.486 e. The van der Waals surface area contributed by atoms with Gasteiger partial charge in [-0.15, -0.1) is 11.3 Å². The van der Waals surface area contributed by atoms with Crippen LogP contribution in [0.15, 0.2) is 34.9 Å². The van der Waals surface area contributed by atoms with Gasteiger partial charge in [0, 0.05) is 12.6 Å². The minimum atomic E-state index is -0.313. The van der Waals surface area contributed by atoms with E-state index in [0.29, 0.717) is 27.9 Å². The van der Waals surface area contributed by atoms with Gasteiger partial charge in [-0.1, -0.05) is 5.16 Å². The zero-order chi connectivity index (χ0) is 19.7. The second-order valence-electron chi connectivity index (χ2n) is 6.79. The molecular formula is C20H20FN3O3S. The summed E-state index contributed by atoms with van der Waals surface area (Å²) in [5, 5.41) is 4.65. The molecule has 8 heteroatoms. The molecule has 1 aliphatic heterocycles. The molecule has 1 saturated heterocycles. The van der Waals surface area contributed by atoms with Gasteiger partial charge in [0.15, 0.2) is 5.76 Å². The number of hydrogen-bond donors (Lipinski definition) is 0. The van der Waals surface area contributed by atoms with Crippen LogP contribution in [0.2, 0.25) is 0 Å². The summed E-state index contributed by atoms with van der Waals surface area (Å²) in [6.07, 6.45) is 1.79.